The van der Waals surface area contributed by atoms with Crippen LogP contribution in [-0.4, -0.2) is 44.9 Å². The standard InChI is InChI=1S/C19H21ClN2O4S/c1-14-2-7-17(21-19(23)13-15-3-5-16(20)6-4-15)18(12-14)27(24,25)22-8-10-26-11-9-22/h2-7,12H,8-11,13H2,1H3,(H,21,23). The van der Waals surface area contributed by atoms with Crippen molar-refractivity contribution in [1.29, 1.82) is 0 Å². The highest BCUT2D eigenvalue weighted by atomic mass is 35.5. The first-order chi connectivity index (χ1) is 12.9. The number of aryl methyl sites for hydroxylation is 1. The number of nitrogens with zero attached hydrogens (tertiary/aromatic N) is 1. The number of hydrogen-bond acceptors (Lipinski definition) is 4. The van der Waals surface area contributed by atoms with E-state index in [4.69, 9.17) is 16.3 Å². The highest BCUT2D eigenvalue weighted by molar-refractivity contribution is 7.89. The molecule has 0 aromatic heterocycles. The fraction of sp³-hybridized carbons (Fsp3) is 0.316. The molecule has 2 aromatic carbocycles. The quantitative estimate of drug-likeness (QED) is 0.825. The van der Waals surface area contributed by atoms with Crippen LogP contribution in [-0.2, 0) is 26.0 Å². The molecule has 1 aliphatic heterocycles. The van der Waals surface area contributed by atoms with E-state index in [1.54, 1.807) is 42.5 Å². The molecule has 2 aromatic rings. The SMILES string of the molecule is Cc1ccc(NC(=O)Cc2ccc(Cl)cc2)c(S(=O)(=O)N2CCOCC2)c1. The number of halogens is 1. The minimum atomic E-state index is -3.72. The number of rotatable bonds is 5. The largest absolute Gasteiger partial charge is 0.379 e. The lowest BCUT2D eigenvalue weighted by Crippen LogP contribution is -2.41. The third kappa shape index (κ3) is 4.87. The third-order valence-corrected chi connectivity index (χ3v) is 6.47. The van der Waals surface area contributed by atoms with Crippen LogP contribution in [0.5, 0.6) is 0 Å². The van der Waals surface area contributed by atoms with Gasteiger partial charge >= 0.3 is 0 Å². The number of sulfonamides is 1. The summed E-state index contributed by atoms with van der Waals surface area (Å²) in [4.78, 5) is 12.5. The molecule has 1 N–H and O–H groups in total. The highest BCUT2D eigenvalue weighted by Gasteiger charge is 2.29. The zero-order valence-electron chi connectivity index (χ0n) is 14.9. The minimum Gasteiger partial charge on any atom is -0.379 e. The Labute approximate surface area is 164 Å². The summed E-state index contributed by atoms with van der Waals surface area (Å²) in [7, 11) is -3.72. The molecule has 3 rings (SSSR count). The maximum absolute atomic E-state index is 13.0. The first kappa shape index (κ1) is 19.8. The van der Waals surface area contributed by atoms with Gasteiger partial charge in [0.2, 0.25) is 15.9 Å². The Morgan fingerprint density at radius 3 is 2.48 bits per heavy atom. The summed E-state index contributed by atoms with van der Waals surface area (Å²) in [5.41, 5.74) is 1.88. The normalized spacial score (nSPS) is 15.5. The second-order valence-electron chi connectivity index (χ2n) is 6.37. The first-order valence-corrected chi connectivity index (χ1v) is 10.4. The predicted molar refractivity (Wildman–Crippen MR) is 105 cm³/mol. The van der Waals surface area contributed by atoms with Gasteiger partial charge in [0.05, 0.1) is 25.3 Å². The van der Waals surface area contributed by atoms with Crippen LogP contribution in [0.1, 0.15) is 11.1 Å². The van der Waals surface area contributed by atoms with Gasteiger partial charge in [-0.25, -0.2) is 8.42 Å². The molecule has 6 nitrogen and oxygen atoms in total. The fourth-order valence-electron chi connectivity index (χ4n) is 2.85. The third-order valence-electron chi connectivity index (χ3n) is 4.28. The number of nitrogens with one attached hydrogen (secondary N) is 1. The number of benzene rings is 2. The molecule has 144 valence electrons. The van der Waals surface area contributed by atoms with Crippen molar-refractivity contribution in [2.24, 2.45) is 0 Å². The van der Waals surface area contributed by atoms with E-state index in [0.717, 1.165) is 11.1 Å². The van der Waals surface area contributed by atoms with Gasteiger partial charge in [-0.1, -0.05) is 29.8 Å². The molecule has 1 aliphatic rings. The van der Waals surface area contributed by atoms with Crippen LogP contribution < -0.4 is 5.32 Å². The molecule has 0 aliphatic carbocycles. The lowest BCUT2D eigenvalue weighted by molar-refractivity contribution is -0.115. The number of anilines is 1. The Hall–Kier alpha value is -1.93. The number of carbonyl (C=O) groups excluding carboxylic acids is 1. The van der Waals surface area contributed by atoms with E-state index in [9.17, 15) is 13.2 Å². The molecule has 0 unspecified atom stereocenters. The Morgan fingerprint density at radius 2 is 1.81 bits per heavy atom. The van der Waals surface area contributed by atoms with Crippen molar-refractivity contribution in [3.63, 3.8) is 0 Å². The molecule has 1 heterocycles. The van der Waals surface area contributed by atoms with Crippen molar-refractivity contribution < 1.29 is 17.9 Å². The zero-order valence-corrected chi connectivity index (χ0v) is 16.5. The first-order valence-electron chi connectivity index (χ1n) is 8.59. The van der Waals surface area contributed by atoms with E-state index in [1.165, 1.54) is 4.31 Å². The van der Waals surface area contributed by atoms with Crippen molar-refractivity contribution in [3.8, 4) is 0 Å². The molecule has 1 fully saturated rings. The molecule has 1 saturated heterocycles. The van der Waals surface area contributed by atoms with Crippen LogP contribution in [0.25, 0.3) is 0 Å². The molecule has 0 radical (unpaired) electrons. The van der Waals surface area contributed by atoms with E-state index in [0.29, 0.717) is 31.3 Å². The zero-order chi connectivity index (χ0) is 19.4. The number of carbonyl (C=O) groups is 1. The smallest absolute Gasteiger partial charge is 0.245 e. The van der Waals surface area contributed by atoms with Crippen LogP contribution in [0.4, 0.5) is 5.69 Å². The van der Waals surface area contributed by atoms with Gasteiger partial charge in [-0.3, -0.25) is 4.79 Å². The van der Waals surface area contributed by atoms with Crippen LogP contribution >= 0.6 is 11.6 Å². The Bertz CT molecular complexity index is 923. The number of morpholine rings is 1. The van der Waals surface area contributed by atoms with Crippen LogP contribution in [0.3, 0.4) is 0 Å². The maximum atomic E-state index is 13.0. The molecule has 0 bridgehead atoms. The van der Waals surface area contributed by atoms with Crippen molar-refractivity contribution in [2.45, 2.75) is 18.2 Å². The van der Waals surface area contributed by atoms with Crippen molar-refractivity contribution in [2.75, 3.05) is 31.6 Å². The average molecular weight is 409 g/mol. The lowest BCUT2D eigenvalue weighted by Gasteiger charge is -2.27. The highest BCUT2D eigenvalue weighted by Crippen LogP contribution is 2.27. The van der Waals surface area contributed by atoms with E-state index in [1.807, 2.05) is 6.92 Å². The summed E-state index contributed by atoms with van der Waals surface area (Å²) in [6.07, 6.45) is 0.127. The lowest BCUT2D eigenvalue weighted by atomic mass is 10.1. The fourth-order valence-corrected chi connectivity index (χ4v) is 4.62. The number of amides is 1. The molecule has 0 spiro atoms. The average Bonchev–Trinajstić information content (AvgIpc) is 2.65. The minimum absolute atomic E-state index is 0.105. The van der Waals surface area contributed by atoms with Gasteiger partial charge in [0.1, 0.15) is 4.90 Å². The van der Waals surface area contributed by atoms with Gasteiger partial charge in [0.15, 0.2) is 0 Å². The van der Waals surface area contributed by atoms with E-state index in [-0.39, 0.29) is 22.9 Å². The van der Waals surface area contributed by atoms with Crippen LogP contribution in [0, 0.1) is 6.92 Å². The molecular formula is C19H21ClN2O4S. The summed E-state index contributed by atoms with van der Waals surface area (Å²) in [6, 6.07) is 11.9. The molecular weight excluding hydrogens is 388 g/mol. The van der Waals surface area contributed by atoms with Gasteiger partial charge in [0, 0.05) is 18.1 Å². The summed E-state index contributed by atoms with van der Waals surface area (Å²) >= 11 is 5.86. The predicted octanol–water partition coefficient (Wildman–Crippen LogP) is 2.85. The van der Waals surface area contributed by atoms with Gasteiger partial charge in [-0.15, -0.1) is 0 Å². The Kier molecular flexibility index (Phi) is 6.16. The maximum Gasteiger partial charge on any atom is 0.245 e. The van der Waals surface area contributed by atoms with E-state index < -0.39 is 10.0 Å². The topological polar surface area (TPSA) is 75.7 Å². The number of hydrogen-bond donors (Lipinski definition) is 1. The van der Waals surface area contributed by atoms with Gasteiger partial charge < -0.3 is 10.1 Å². The molecule has 8 heteroatoms. The Balaban J connectivity index is 1.83. The Morgan fingerprint density at radius 1 is 1.15 bits per heavy atom. The molecule has 27 heavy (non-hydrogen) atoms. The monoisotopic (exact) mass is 408 g/mol. The van der Waals surface area contributed by atoms with Crippen molar-refractivity contribution >= 4 is 33.2 Å². The summed E-state index contributed by atoms with van der Waals surface area (Å²) in [6.45, 7) is 3.15. The van der Waals surface area contributed by atoms with E-state index >= 15 is 0 Å². The van der Waals surface area contributed by atoms with Crippen molar-refractivity contribution in [1.82, 2.24) is 4.31 Å². The molecule has 1 amide bonds. The molecule has 0 atom stereocenters. The second-order valence-corrected chi connectivity index (χ2v) is 8.71. The van der Waals surface area contributed by atoms with E-state index in [2.05, 4.69) is 5.32 Å². The van der Waals surface area contributed by atoms with Crippen molar-refractivity contribution in [3.05, 3.63) is 58.6 Å². The number of ether oxygens (including phenoxy) is 1. The van der Waals surface area contributed by atoms with Crippen LogP contribution in [0.15, 0.2) is 47.4 Å². The second kappa shape index (κ2) is 8.39. The summed E-state index contributed by atoms with van der Waals surface area (Å²) in [5, 5.41) is 3.33. The van der Waals surface area contributed by atoms with Crippen LogP contribution in [0.2, 0.25) is 5.02 Å². The summed E-state index contributed by atoms with van der Waals surface area (Å²) in [5.74, 6) is -0.292. The molecule has 0 saturated carbocycles. The van der Waals surface area contributed by atoms with Gasteiger partial charge in [-0.05, 0) is 42.3 Å². The van der Waals surface area contributed by atoms with Gasteiger partial charge in [-0.2, -0.15) is 4.31 Å². The summed E-state index contributed by atoms with van der Waals surface area (Å²) < 4.78 is 32.7. The van der Waals surface area contributed by atoms with Gasteiger partial charge in [0.25, 0.3) is 0 Å².